The summed E-state index contributed by atoms with van der Waals surface area (Å²) in [6.45, 7) is 0. The Kier molecular flexibility index (Phi) is 6.22. The molecule has 108 valence electrons. The highest BCUT2D eigenvalue weighted by Gasteiger charge is 2.13. The van der Waals surface area contributed by atoms with Crippen molar-refractivity contribution in [2.75, 3.05) is 19.5 Å². The summed E-state index contributed by atoms with van der Waals surface area (Å²) in [6.07, 6.45) is 0.742. The van der Waals surface area contributed by atoms with Crippen LogP contribution in [0.1, 0.15) is 29.6 Å². The van der Waals surface area contributed by atoms with Crippen LogP contribution in [0.2, 0.25) is 0 Å². The first-order valence-electron chi connectivity index (χ1n) is 6.12. The Morgan fingerprint density at radius 1 is 1.05 bits per heavy atom. The summed E-state index contributed by atoms with van der Waals surface area (Å²) < 4.78 is 9.12. The average Bonchev–Trinajstić information content (AvgIpc) is 2.46. The van der Waals surface area contributed by atoms with Gasteiger partial charge in [-0.15, -0.1) is 0 Å². The van der Waals surface area contributed by atoms with E-state index in [9.17, 15) is 14.4 Å². The van der Waals surface area contributed by atoms with E-state index < -0.39 is 5.97 Å². The monoisotopic (exact) mass is 279 g/mol. The molecule has 0 unspecified atom stereocenters. The third kappa shape index (κ3) is 4.72. The Balaban J connectivity index is 2.58. The molecule has 0 radical (unpaired) electrons. The van der Waals surface area contributed by atoms with Crippen LogP contribution in [-0.2, 0) is 19.1 Å². The van der Waals surface area contributed by atoms with Crippen LogP contribution in [0, 0.1) is 0 Å². The number of anilines is 1. The predicted molar refractivity (Wildman–Crippen MR) is 72.3 cm³/mol. The highest BCUT2D eigenvalue weighted by atomic mass is 16.5. The molecule has 0 atom stereocenters. The van der Waals surface area contributed by atoms with Crippen LogP contribution in [0.5, 0.6) is 0 Å². The lowest BCUT2D eigenvalue weighted by Gasteiger charge is -2.09. The molecule has 0 saturated carbocycles. The number of rotatable bonds is 6. The Hall–Kier alpha value is -2.37. The number of hydrogen-bond donors (Lipinski definition) is 1. The molecule has 20 heavy (non-hydrogen) atoms. The van der Waals surface area contributed by atoms with Gasteiger partial charge in [0.2, 0.25) is 5.91 Å². The summed E-state index contributed by atoms with van der Waals surface area (Å²) in [5.41, 5.74) is 0.679. The number of methoxy groups -OCH3 is 2. The number of hydrogen-bond acceptors (Lipinski definition) is 5. The van der Waals surface area contributed by atoms with Gasteiger partial charge in [-0.05, 0) is 18.6 Å². The molecular weight excluding hydrogens is 262 g/mol. The second-order valence-corrected chi connectivity index (χ2v) is 4.02. The highest BCUT2D eigenvalue weighted by molar-refractivity contribution is 6.01. The number of carbonyl (C=O) groups excluding carboxylic acids is 3. The van der Waals surface area contributed by atoms with Crippen LogP contribution in [-0.4, -0.2) is 32.1 Å². The van der Waals surface area contributed by atoms with Crippen LogP contribution in [0.4, 0.5) is 5.69 Å². The van der Waals surface area contributed by atoms with Crippen molar-refractivity contribution in [1.29, 1.82) is 0 Å². The first-order chi connectivity index (χ1) is 9.58. The first kappa shape index (κ1) is 15.7. The molecule has 1 aromatic rings. The molecule has 6 heteroatoms. The van der Waals surface area contributed by atoms with Gasteiger partial charge in [0.1, 0.15) is 0 Å². The predicted octanol–water partition coefficient (Wildman–Crippen LogP) is 1.75. The second-order valence-electron chi connectivity index (χ2n) is 4.02. The number of benzene rings is 1. The molecule has 0 saturated heterocycles. The molecule has 0 bridgehead atoms. The van der Waals surface area contributed by atoms with Gasteiger partial charge in [-0.1, -0.05) is 12.1 Å². The molecule has 1 rings (SSSR count). The summed E-state index contributed by atoms with van der Waals surface area (Å²) in [4.78, 5) is 34.2. The van der Waals surface area contributed by atoms with Crippen molar-refractivity contribution in [2.45, 2.75) is 19.3 Å². The normalized spacial score (nSPS) is 9.70. The molecule has 0 heterocycles. The SMILES string of the molecule is COC(=O)CCCC(=O)Nc1ccccc1C(=O)OC. The quantitative estimate of drug-likeness (QED) is 0.802. The fraction of sp³-hybridized carbons (Fsp3) is 0.357. The lowest BCUT2D eigenvalue weighted by atomic mass is 10.1. The lowest BCUT2D eigenvalue weighted by Crippen LogP contribution is -2.15. The molecule has 0 fully saturated rings. The van der Waals surface area contributed by atoms with Gasteiger partial charge in [0.05, 0.1) is 25.5 Å². The van der Waals surface area contributed by atoms with Gasteiger partial charge in [0.25, 0.3) is 0 Å². The summed E-state index contributed by atoms with van der Waals surface area (Å²) in [7, 11) is 2.58. The largest absolute Gasteiger partial charge is 0.469 e. The van der Waals surface area contributed by atoms with Gasteiger partial charge in [-0.3, -0.25) is 9.59 Å². The van der Waals surface area contributed by atoms with Crippen LogP contribution < -0.4 is 5.32 Å². The van der Waals surface area contributed by atoms with Crippen LogP contribution >= 0.6 is 0 Å². The van der Waals surface area contributed by atoms with E-state index in [1.54, 1.807) is 24.3 Å². The number of carbonyl (C=O) groups is 3. The van der Waals surface area contributed by atoms with Crippen molar-refractivity contribution >= 4 is 23.5 Å². The maximum atomic E-state index is 11.7. The maximum Gasteiger partial charge on any atom is 0.339 e. The van der Waals surface area contributed by atoms with Gasteiger partial charge in [0.15, 0.2) is 0 Å². The molecule has 1 N–H and O–H groups in total. The van der Waals surface area contributed by atoms with Crippen LogP contribution in [0.3, 0.4) is 0 Å². The smallest absolute Gasteiger partial charge is 0.339 e. The lowest BCUT2D eigenvalue weighted by molar-refractivity contribution is -0.140. The Morgan fingerprint density at radius 2 is 1.75 bits per heavy atom. The third-order valence-corrected chi connectivity index (χ3v) is 2.62. The number of esters is 2. The molecule has 1 aromatic carbocycles. The zero-order chi connectivity index (χ0) is 15.0. The van der Waals surface area contributed by atoms with Crippen molar-refractivity contribution in [2.24, 2.45) is 0 Å². The van der Waals surface area contributed by atoms with E-state index in [0.717, 1.165) is 0 Å². The van der Waals surface area contributed by atoms with E-state index in [4.69, 9.17) is 0 Å². The van der Waals surface area contributed by atoms with E-state index in [0.29, 0.717) is 12.1 Å². The molecule has 0 aliphatic carbocycles. The Labute approximate surface area is 117 Å². The van der Waals surface area contributed by atoms with E-state index in [-0.39, 0.29) is 30.3 Å². The molecule has 0 aliphatic heterocycles. The number of amides is 1. The Morgan fingerprint density at radius 3 is 2.40 bits per heavy atom. The van der Waals surface area contributed by atoms with Crippen molar-refractivity contribution in [3.8, 4) is 0 Å². The van der Waals surface area contributed by atoms with E-state index in [1.807, 2.05) is 0 Å². The third-order valence-electron chi connectivity index (χ3n) is 2.62. The van der Waals surface area contributed by atoms with Crippen LogP contribution in [0.25, 0.3) is 0 Å². The Bertz CT molecular complexity index is 498. The average molecular weight is 279 g/mol. The molecule has 0 spiro atoms. The zero-order valence-corrected chi connectivity index (χ0v) is 11.5. The molecule has 0 aliphatic rings. The van der Waals surface area contributed by atoms with E-state index in [2.05, 4.69) is 14.8 Å². The number of nitrogens with one attached hydrogen (secondary N) is 1. The van der Waals surface area contributed by atoms with Crippen molar-refractivity contribution in [3.05, 3.63) is 29.8 Å². The molecular formula is C14H17NO5. The fourth-order valence-corrected chi connectivity index (χ4v) is 1.59. The van der Waals surface area contributed by atoms with E-state index in [1.165, 1.54) is 14.2 Å². The van der Waals surface area contributed by atoms with Crippen molar-refractivity contribution in [1.82, 2.24) is 0 Å². The minimum Gasteiger partial charge on any atom is -0.469 e. The standard InChI is InChI=1S/C14H17NO5/c1-19-13(17)9-5-8-12(16)15-11-7-4-3-6-10(11)14(18)20-2/h3-4,6-7H,5,8-9H2,1-2H3,(H,15,16). The van der Waals surface area contributed by atoms with Gasteiger partial charge < -0.3 is 14.8 Å². The minimum atomic E-state index is -0.518. The minimum absolute atomic E-state index is 0.171. The van der Waals surface area contributed by atoms with Crippen LogP contribution in [0.15, 0.2) is 24.3 Å². The number of ether oxygens (including phenoxy) is 2. The van der Waals surface area contributed by atoms with Crippen molar-refractivity contribution in [3.63, 3.8) is 0 Å². The summed E-state index contributed by atoms with van der Waals surface area (Å²) in [6, 6.07) is 6.57. The van der Waals surface area contributed by atoms with Gasteiger partial charge >= 0.3 is 11.9 Å². The van der Waals surface area contributed by atoms with Crippen molar-refractivity contribution < 1.29 is 23.9 Å². The maximum absolute atomic E-state index is 11.7. The molecule has 6 nitrogen and oxygen atoms in total. The topological polar surface area (TPSA) is 81.7 Å². The highest BCUT2D eigenvalue weighted by Crippen LogP contribution is 2.16. The fourth-order valence-electron chi connectivity index (χ4n) is 1.59. The first-order valence-corrected chi connectivity index (χ1v) is 6.12. The zero-order valence-electron chi connectivity index (χ0n) is 11.5. The molecule has 1 amide bonds. The summed E-state index contributed by atoms with van der Waals surface area (Å²) in [5.74, 6) is -1.14. The summed E-state index contributed by atoms with van der Waals surface area (Å²) in [5, 5.41) is 2.63. The number of para-hydroxylation sites is 1. The van der Waals surface area contributed by atoms with Gasteiger partial charge in [-0.25, -0.2) is 4.79 Å². The van der Waals surface area contributed by atoms with Gasteiger partial charge in [-0.2, -0.15) is 0 Å². The molecule has 0 aromatic heterocycles. The van der Waals surface area contributed by atoms with E-state index >= 15 is 0 Å². The van der Waals surface area contributed by atoms with Gasteiger partial charge in [0, 0.05) is 12.8 Å². The summed E-state index contributed by atoms with van der Waals surface area (Å²) >= 11 is 0. The second kappa shape index (κ2) is 7.93.